The van der Waals surface area contributed by atoms with Crippen LogP contribution in [-0.4, -0.2) is 82.4 Å². The summed E-state index contributed by atoms with van der Waals surface area (Å²) in [4.78, 5) is 41.0. The van der Waals surface area contributed by atoms with Crippen molar-refractivity contribution < 1.29 is 9.59 Å². The van der Waals surface area contributed by atoms with Crippen molar-refractivity contribution in [3.63, 3.8) is 0 Å². The quantitative estimate of drug-likeness (QED) is 0.679. The molecule has 2 unspecified atom stereocenters. The lowest BCUT2D eigenvalue weighted by Gasteiger charge is -2.42. The van der Waals surface area contributed by atoms with Gasteiger partial charge in [-0.3, -0.25) is 19.4 Å². The number of fused-ring (bicyclic) bond motifs is 3. The number of nitrogens with zero attached hydrogens (tertiary/aromatic N) is 6. The van der Waals surface area contributed by atoms with Crippen LogP contribution in [0.2, 0.25) is 0 Å². The molecule has 3 aliphatic heterocycles. The van der Waals surface area contributed by atoms with E-state index in [4.69, 9.17) is 4.98 Å². The van der Waals surface area contributed by atoms with Crippen LogP contribution in [0.3, 0.4) is 0 Å². The van der Waals surface area contributed by atoms with E-state index in [9.17, 15) is 14.9 Å². The summed E-state index contributed by atoms with van der Waals surface area (Å²) in [5, 5.41) is 10.4. The maximum atomic E-state index is 13.0. The summed E-state index contributed by atoms with van der Waals surface area (Å²) in [5.41, 5.74) is 1.91. The Morgan fingerprint density at radius 1 is 1.24 bits per heavy atom. The molecule has 9 nitrogen and oxygen atoms in total. The van der Waals surface area contributed by atoms with E-state index in [0.29, 0.717) is 31.0 Å². The smallest absolute Gasteiger partial charge is 0.237 e. The number of aromatic nitrogens is 2. The van der Waals surface area contributed by atoms with Crippen LogP contribution in [0.1, 0.15) is 38.5 Å². The molecule has 4 aliphatic rings. The van der Waals surface area contributed by atoms with Crippen molar-refractivity contribution in [2.75, 3.05) is 36.0 Å². The minimum Gasteiger partial charge on any atom is -0.368 e. The van der Waals surface area contributed by atoms with E-state index >= 15 is 0 Å². The molecule has 1 N–H and O–H groups in total. The fourth-order valence-corrected chi connectivity index (χ4v) is 5.97. The summed E-state index contributed by atoms with van der Waals surface area (Å²) >= 11 is 0. The first kappa shape index (κ1) is 20.5. The van der Waals surface area contributed by atoms with Gasteiger partial charge >= 0.3 is 0 Å². The largest absolute Gasteiger partial charge is 0.368 e. The number of aromatic amines is 1. The van der Waals surface area contributed by atoms with Crippen molar-refractivity contribution in [2.45, 2.75) is 62.7 Å². The Morgan fingerprint density at radius 3 is 2.73 bits per heavy atom. The number of H-pyrrole nitrogens is 1. The molecular formula is C24H29N7O2. The second-order valence-corrected chi connectivity index (χ2v) is 9.82. The minimum atomic E-state index is -0.263. The van der Waals surface area contributed by atoms with Crippen LogP contribution >= 0.6 is 0 Å². The molecule has 0 spiro atoms. The van der Waals surface area contributed by atoms with Gasteiger partial charge in [-0.2, -0.15) is 5.26 Å². The Balaban J connectivity index is 1.23. The Kier molecular flexibility index (Phi) is 4.98. The fraction of sp³-hybridized carbons (Fsp3) is 0.583. The van der Waals surface area contributed by atoms with E-state index in [1.165, 1.54) is 0 Å². The number of anilines is 2. The molecule has 6 rings (SSSR count). The predicted octanol–water partition coefficient (Wildman–Crippen LogP) is 1.86. The van der Waals surface area contributed by atoms with Gasteiger partial charge in [0.15, 0.2) is 0 Å². The summed E-state index contributed by atoms with van der Waals surface area (Å²) in [5.74, 6) is 0.800. The maximum absolute atomic E-state index is 13.0. The predicted molar refractivity (Wildman–Crippen MR) is 124 cm³/mol. The highest BCUT2D eigenvalue weighted by atomic mass is 16.2. The normalized spacial score (nSPS) is 27.2. The Labute approximate surface area is 192 Å². The van der Waals surface area contributed by atoms with Crippen molar-refractivity contribution in [1.82, 2.24) is 19.8 Å². The summed E-state index contributed by atoms with van der Waals surface area (Å²) in [6.45, 7) is 2.80. The van der Waals surface area contributed by atoms with Gasteiger partial charge in [0.2, 0.25) is 12.3 Å². The number of hydrogen-bond donors (Lipinski definition) is 1. The molecule has 2 aromatic heterocycles. The minimum absolute atomic E-state index is 0.0923. The van der Waals surface area contributed by atoms with Gasteiger partial charge in [0.1, 0.15) is 17.5 Å². The molecule has 2 aromatic rings. The lowest BCUT2D eigenvalue weighted by Crippen LogP contribution is -2.56. The lowest BCUT2D eigenvalue weighted by molar-refractivity contribution is -0.133. The average Bonchev–Trinajstić information content (AvgIpc) is 3.24. The molecule has 2 amide bonds. The van der Waals surface area contributed by atoms with Gasteiger partial charge in [-0.15, -0.1) is 0 Å². The van der Waals surface area contributed by atoms with Crippen molar-refractivity contribution in [3.05, 3.63) is 18.3 Å². The molecule has 0 radical (unpaired) electrons. The van der Waals surface area contributed by atoms with E-state index in [1.807, 2.05) is 6.20 Å². The number of amides is 2. The number of likely N-dealkylation sites (tertiary alicyclic amines) is 1. The average molecular weight is 448 g/mol. The number of carbonyl (C=O) groups excluding carboxylic acids is 2. The zero-order valence-corrected chi connectivity index (χ0v) is 18.7. The van der Waals surface area contributed by atoms with Crippen molar-refractivity contribution in [2.24, 2.45) is 0 Å². The van der Waals surface area contributed by atoms with Crippen molar-refractivity contribution >= 4 is 34.9 Å². The number of piperazine rings is 1. The van der Waals surface area contributed by atoms with Crippen LogP contribution in [0, 0.1) is 11.3 Å². The summed E-state index contributed by atoms with van der Waals surface area (Å²) < 4.78 is 0. The molecule has 3 atom stereocenters. The van der Waals surface area contributed by atoms with Gasteiger partial charge in [-0.25, -0.2) is 4.98 Å². The molecule has 4 fully saturated rings. The fourth-order valence-electron chi connectivity index (χ4n) is 5.97. The standard InChI is InChI=1S/C24H29N7O2/c25-11-17-2-1-9-29(17)23(33)14-30-18-5-6-19(30)13-28(12-18)21-10-22(31(15-32)16-3-4-16)27-24-20(21)7-8-26-24/h7-8,10,15-19H,1-6,9,12-14H2,(H,26,27)/t17-,18?,19?/m1/s1. The molecule has 33 heavy (non-hydrogen) atoms. The first-order valence-corrected chi connectivity index (χ1v) is 12.1. The van der Waals surface area contributed by atoms with E-state index in [2.05, 4.69) is 33.0 Å². The Bertz CT molecular complexity index is 1110. The summed E-state index contributed by atoms with van der Waals surface area (Å²) in [6, 6.07) is 7.02. The highest BCUT2D eigenvalue weighted by Gasteiger charge is 2.42. The summed E-state index contributed by atoms with van der Waals surface area (Å²) in [6.07, 6.45) is 8.72. The van der Waals surface area contributed by atoms with Crippen molar-refractivity contribution in [1.29, 1.82) is 5.26 Å². The monoisotopic (exact) mass is 447 g/mol. The number of nitriles is 1. The number of rotatable bonds is 6. The number of pyridine rings is 1. The molecule has 2 bridgehead atoms. The van der Waals surface area contributed by atoms with Gasteiger partial charge in [0.25, 0.3) is 0 Å². The first-order valence-electron chi connectivity index (χ1n) is 12.1. The Hall–Kier alpha value is -3.12. The molecule has 0 aromatic carbocycles. The van der Waals surface area contributed by atoms with E-state index in [0.717, 1.165) is 74.7 Å². The van der Waals surface area contributed by atoms with Gasteiger partial charge < -0.3 is 14.8 Å². The maximum Gasteiger partial charge on any atom is 0.237 e. The molecule has 9 heteroatoms. The van der Waals surface area contributed by atoms with Crippen LogP contribution < -0.4 is 9.80 Å². The van der Waals surface area contributed by atoms with Crippen LogP contribution in [0.5, 0.6) is 0 Å². The van der Waals surface area contributed by atoms with Crippen LogP contribution in [-0.2, 0) is 9.59 Å². The second-order valence-electron chi connectivity index (χ2n) is 9.82. The van der Waals surface area contributed by atoms with E-state index in [1.54, 1.807) is 9.80 Å². The molecule has 3 saturated heterocycles. The van der Waals surface area contributed by atoms with Gasteiger partial charge in [-0.1, -0.05) is 0 Å². The highest BCUT2D eigenvalue weighted by molar-refractivity contribution is 5.93. The topological polar surface area (TPSA) is 99.6 Å². The highest BCUT2D eigenvalue weighted by Crippen LogP contribution is 2.38. The molecule has 172 valence electrons. The molecule has 1 aliphatic carbocycles. The number of carbonyl (C=O) groups is 2. The van der Waals surface area contributed by atoms with E-state index < -0.39 is 0 Å². The van der Waals surface area contributed by atoms with Gasteiger partial charge in [0, 0.05) is 55.4 Å². The lowest BCUT2D eigenvalue weighted by atomic mass is 10.1. The second kappa shape index (κ2) is 8.03. The zero-order chi connectivity index (χ0) is 22.5. The van der Waals surface area contributed by atoms with Crippen LogP contribution in [0.25, 0.3) is 11.0 Å². The zero-order valence-electron chi connectivity index (χ0n) is 18.7. The SMILES string of the molecule is N#C[C@H]1CCCN1C(=O)CN1C2CCC1CN(c1cc(N(C=O)C3CC3)nc3[nH]ccc13)C2. The van der Waals surface area contributed by atoms with Crippen molar-refractivity contribution in [3.8, 4) is 6.07 Å². The molecular weight excluding hydrogens is 418 g/mol. The third-order valence-electron chi connectivity index (χ3n) is 7.83. The van der Waals surface area contributed by atoms with Crippen LogP contribution in [0.4, 0.5) is 11.5 Å². The third kappa shape index (κ3) is 3.53. The van der Waals surface area contributed by atoms with Gasteiger partial charge in [0.05, 0.1) is 18.3 Å². The first-order chi connectivity index (χ1) is 16.2. The molecule has 1 saturated carbocycles. The molecule has 5 heterocycles. The van der Waals surface area contributed by atoms with Gasteiger partial charge in [-0.05, 0) is 44.6 Å². The summed E-state index contributed by atoms with van der Waals surface area (Å²) in [7, 11) is 0. The van der Waals surface area contributed by atoms with E-state index in [-0.39, 0.29) is 18.0 Å². The third-order valence-corrected chi connectivity index (χ3v) is 7.83. The Morgan fingerprint density at radius 2 is 2.03 bits per heavy atom. The number of nitrogens with one attached hydrogen (secondary N) is 1. The van der Waals surface area contributed by atoms with Crippen LogP contribution in [0.15, 0.2) is 18.3 Å². The number of hydrogen-bond acceptors (Lipinski definition) is 6.